The molecule has 0 aliphatic rings. The second-order valence-corrected chi connectivity index (χ2v) is 8.97. The van der Waals surface area contributed by atoms with Crippen molar-refractivity contribution < 1.29 is 8.42 Å². The molecule has 0 heterocycles. The molecule has 0 aliphatic heterocycles. The number of nitrogens with one attached hydrogen (secondary N) is 1. The summed E-state index contributed by atoms with van der Waals surface area (Å²) in [4.78, 5) is 0.276. The molecule has 0 amide bonds. The molecule has 0 bridgehead atoms. The molecule has 0 radical (unpaired) electrons. The van der Waals surface area contributed by atoms with Crippen LogP contribution in [-0.2, 0) is 10.0 Å². The number of hydrogen-bond acceptors (Lipinski definition) is 3. The van der Waals surface area contributed by atoms with Crippen LogP contribution in [0.4, 0.5) is 0 Å². The predicted molar refractivity (Wildman–Crippen MR) is 107 cm³/mol. The first-order valence-electron chi connectivity index (χ1n) is 8.36. The molecule has 2 aromatic carbocycles. The lowest BCUT2D eigenvalue weighted by molar-refractivity contribution is 0.574. The Hall–Kier alpha value is -1.56. The first-order chi connectivity index (χ1) is 12.0. The SMILES string of the molecule is CC(C)CSC/C=C\C(NS(=O)(=O)c1ccccc1)c1ccccc1. The van der Waals surface area contributed by atoms with E-state index in [1.54, 1.807) is 30.3 Å². The predicted octanol–water partition coefficient (Wildman–Crippen LogP) is 4.65. The van der Waals surface area contributed by atoms with Crippen molar-refractivity contribution in [1.29, 1.82) is 0 Å². The summed E-state index contributed by atoms with van der Waals surface area (Å²) in [6.45, 7) is 4.38. The topological polar surface area (TPSA) is 46.2 Å². The molecular formula is C20H25NO2S2. The molecule has 0 saturated heterocycles. The molecule has 5 heteroatoms. The average Bonchev–Trinajstić information content (AvgIpc) is 2.61. The maximum Gasteiger partial charge on any atom is 0.241 e. The average molecular weight is 376 g/mol. The molecule has 0 spiro atoms. The van der Waals surface area contributed by atoms with Crippen LogP contribution in [0.3, 0.4) is 0 Å². The van der Waals surface area contributed by atoms with Gasteiger partial charge in [-0.05, 0) is 29.4 Å². The maximum absolute atomic E-state index is 12.6. The smallest absolute Gasteiger partial charge is 0.207 e. The van der Waals surface area contributed by atoms with E-state index < -0.39 is 10.0 Å². The molecule has 0 saturated carbocycles. The Kier molecular flexibility index (Phi) is 7.75. The third-order valence-corrected chi connectivity index (χ3v) is 6.28. The van der Waals surface area contributed by atoms with Crippen molar-refractivity contribution in [2.45, 2.75) is 24.8 Å². The van der Waals surface area contributed by atoms with Crippen molar-refractivity contribution in [3.05, 3.63) is 78.4 Å². The quantitative estimate of drug-likeness (QED) is 0.512. The van der Waals surface area contributed by atoms with Gasteiger partial charge < -0.3 is 0 Å². The zero-order valence-electron chi connectivity index (χ0n) is 14.6. The largest absolute Gasteiger partial charge is 0.241 e. The van der Waals surface area contributed by atoms with Crippen LogP contribution in [0.2, 0.25) is 0 Å². The molecule has 3 nitrogen and oxygen atoms in total. The summed E-state index contributed by atoms with van der Waals surface area (Å²) in [5, 5.41) is 0. The molecule has 2 rings (SSSR count). The summed E-state index contributed by atoms with van der Waals surface area (Å²) in [6, 6.07) is 17.7. The van der Waals surface area contributed by atoms with Gasteiger partial charge in [0.2, 0.25) is 10.0 Å². The van der Waals surface area contributed by atoms with Crippen molar-refractivity contribution in [3.63, 3.8) is 0 Å². The fourth-order valence-corrected chi connectivity index (χ4v) is 4.33. The number of benzene rings is 2. The molecule has 1 atom stereocenters. The third kappa shape index (κ3) is 6.69. The van der Waals surface area contributed by atoms with E-state index in [0.717, 1.165) is 17.1 Å². The van der Waals surface area contributed by atoms with Crippen LogP contribution < -0.4 is 4.72 Å². The lowest BCUT2D eigenvalue weighted by Crippen LogP contribution is -2.27. The Morgan fingerprint density at radius 1 is 1.00 bits per heavy atom. The summed E-state index contributed by atoms with van der Waals surface area (Å²) in [5.74, 6) is 2.62. The van der Waals surface area contributed by atoms with Gasteiger partial charge in [0.05, 0.1) is 10.9 Å². The second kappa shape index (κ2) is 9.80. The van der Waals surface area contributed by atoms with Gasteiger partial charge in [-0.1, -0.05) is 74.5 Å². The highest BCUT2D eigenvalue weighted by atomic mass is 32.2. The molecule has 0 fully saturated rings. The van der Waals surface area contributed by atoms with Gasteiger partial charge in [-0.15, -0.1) is 0 Å². The van der Waals surface area contributed by atoms with Crippen LogP contribution in [-0.4, -0.2) is 19.9 Å². The van der Waals surface area contributed by atoms with E-state index in [4.69, 9.17) is 0 Å². The zero-order valence-corrected chi connectivity index (χ0v) is 16.3. The van der Waals surface area contributed by atoms with E-state index in [2.05, 4.69) is 18.6 Å². The molecule has 25 heavy (non-hydrogen) atoms. The Bertz CT molecular complexity index is 757. The Balaban J connectivity index is 2.14. The summed E-state index contributed by atoms with van der Waals surface area (Å²) < 4.78 is 28.1. The van der Waals surface area contributed by atoms with E-state index in [1.807, 2.05) is 54.2 Å². The number of rotatable bonds is 9. The summed E-state index contributed by atoms with van der Waals surface area (Å²) in [5.41, 5.74) is 0.923. The lowest BCUT2D eigenvalue weighted by atomic mass is 10.1. The van der Waals surface area contributed by atoms with E-state index in [-0.39, 0.29) is 10.9 Å². The minimum absolute atomic E-state index is 0.276. The second-order valence-electron chi connectivity index (χ2n) is 6.18. The first-order valence-corrected chi connectivity index (χ1v) is 11.0. The first kappa shape index (κ1) is 19.8. The van der Waals surface area contributed by atoms with Crippen LogP contribution in [0.15, 0.2) is 77.7 Å². The van der Waals surface area contributed by atoms with Gasteiger partial charge in [-0.25, -0.2) is 8.42 Å². The Morgan fingerprint density at radius 2 is 1.60 bits per heavy atom. The maximum atomic E-state index is 12.6. The van der Waals surface area contributed by atoms with Crippen molar-refractivity contribution in [2.24, 2.45) is 5.92 Å². The fraction of sp³-hybridized carbons (Fsp3) is 0.300. The van der Waals surface area contributed by atoms with Gasteiger partial charge in [0.1, 0.15) is 0 Å². The highest BCUT2D eigenvalue weighted by molar-refractivity contribution is 7.99. The highest BCUT2D eigenvalue weighted by Gasteiger charge is 2.19. The number of thioether (sulfide) groups is 1. The van der Waals surface area contributed by atoms with Gasteiger partial charge in [-0.3, -0.25) is 0 Å². The molecule has 1 unspecified atom stereocenters. The Labute approximate surface area is 155 Å². The van der Waals surface area contributed by atoms with Crippen LogP contribution in [0, 0.1) is 5.92 Å². The van der Waals surface area contributed by atoms with E-state index >= 15 is 0 Å². The minimum atomic E-state index is -3.57. The summed E-state index contributed by atoms with van der Waals surface area (Å²) in [7, 11) is -3.57. The van der Waals surface area contributed by atoms with Crippen LogP contribution in [0.25, 0.3) is 0 Å². The van der Waals surface area contributed by atoms with Crippen molar-refractivity contribution in [1.82, 2.24) is 4.72 Å². The third-order valence-electron chi connectivity index (χ3n) is 3.49. The van der Waals surface area contributed by atoms with Crippen molar-refractivity contribution in [3.8, 4) is 0 Å². The van der Waals surface area contributed by atoms with Gasteiger partial charge in [0.25, 0.3) is 0 Å². The standard InChI is InChI=1S/C20H25NO2S2/c1-17(2)16-24-15-9-14-20(18-10-5-3-6-11-18)21-25(22,23)19-12-7-4-8-13-19/h3-14,17,20-21H,15-16H2,1-2H3/b14-9-. The minimum Gasteiger partial charge on any atom is -0.207 e. The molecule has 0 aromatic heterocycles. The van der Waals surface area contributed by atoms with Crippen molar-refractivity contribution >= 4 is 21.8 Å². The summed E-state index contributed by atoms with van der Waals surface area (Å²) in [6.07, 6.45) is 3.97. The van der Waals surface area contributed by atoms with Gasteiger partial charge in [-0.2, -0.15) is 16.5 Å². The van der Waals surface area contributed by atoms with Crippen LogP contribution in [0.5, 0.6) is 0 Å². The number of hydrogen-bond donors (Lipinski definition) is 1. The fourth-order valence-electron chi connectivity index (χ4n) is 2.28. The molecular weight excluding hydrogens is 350 g/mol. The van der Waals surface area contributed by atoms with Gasteiger partial charge >= 0.3 is 0 Å². The highest BCUT2D eigenvalue weighted by Crippen LogP contribution is 2.19. The molecule has 0 aliphatic carbocycles. The number of sulfonamides is 1. The lowest BCUT2D eigenvalue weighted by Gasteiger charge is -2.16. The van der Waals surface area contributed by atoms with Crippen LogP contribution >= 0.6 is 11.8 Å². The van der Waals surface area contributed by atoms with E-state index in [0.29, 0.717) is 5.92 Å². The van der Waals surface area contributed by atoms with Gasteiger partial charge in [0, 0.05) is 5.75 Å². The normalized spacial score (nSPS) is 13.4. The van der Waals surface area contributed by atoms with E-state index in [1.165, 1.54) is 0 Å². The van der Waals surface area contributed by atoms with Gasteiger partial charge in [0.15, 0.2) is 0 Å². The zero-order chi connectivity index (χ0) is 18.1. The molecule has 2 aromatic rings. The van der Waals surface area contributed by atoms with Crippen molar-refractivity contribution in [2.75, 3.05) is 11.5 Å². The molecule has 1 N–H and O–H groups in total. The Morgan fingerprint density at radius 3 is 2.20 bits per heavy atom. The van der Waals surface area contributed by atoms with Crippen LogP contribution in [0.1, 0.15) is 25.5 Å². The monoisotopic (exact) mass is 375 g/mol. The molecule has 134 valence electrons. The summed E-state index contributed by atoms with van der Waals surface area (Å²) >= 11 is 1.85. The van der Waals surface area contributed by atoms with E-state index in [9.17, 15) is 8.42 Å².